The molecule has 82 valence electrons. The summed E-state index contributed by atoms with van der Waals surface area (Å²) in [6, 6.07) is 10.3. The van der Waals surface area contributed by atoms with Gasteiger partial charge in [0.1, 0.15) is 18.3 Å². The molecular weight excluding hydrogens is 202 g/mol. The smallest absolute Gasteiger partial charge is 0.320 e. The highest BCUT2D eigenvalue weighted by molar-refractivity contribution is 5.14. The average molecular weight is 215 g/mol. The number of aromatic nitrogens is 3. The molecule has 16 heavy (non-hydrogen) atoms. The van der Waals surface area contributed by atoms with Crippen LogP contribution in [0.15, 0.2) is 30.3 Å². The van der Waals surface area contributed by atoms with E-state index in [1.165, 1.54) is 0 Å². The summed E-state index contributed by atoms with van der Waals surface area (Å²) in [6.07, 6.45) is 0. The second-order valence-electron chi connectivity index (χ2n) is 3.49. The highest BCUT2D eigenvalue weighted by atomic mass is 16.5. The number of nitrogens with zero attached hydrogens (tertiary/aromatic N) is 3. The van der Waals surface area contributed by atoms with Gasteiger partial charge in [-0.15, -0.1) is 0 Å². The maximum atomic E-state index is 5.49. The Morgan fingerprint density at radius 1 is 0.938 bits per heavy atom. The Morgan fingerprint density at radius 2 is 1.56 bits per heavy atom. The monoisotopic (exact) mass is 215 g/mol. The van der Waals surface area contributed by atoms with Crippen LogP contribution in [0.3, 0.4) is 0 Å². The van der Waals surface area contributed by atoms with E-state index in [2.05, 4.69) is 15.0 Å². The minimum Gasteiger partial charge on any atom is -0.459 e. The standard InChI is InChI=1S/C12H13N3O/c1-9-13-10(2)15-12(14-9)16-8-11-6-4-3-5-7-11/h3-7H,8H2,1-2H3. The van der Waals surface area contributed by atoms with Gasteiger partial charge >= 0.3 is 6.01 Å². The molecule has 0 atom stereocenters. The molecule has 2 rings (SSSR count). The zero-order valence-corrected chi connectivity index (χ0v) is 9.34. The fraction of sp³-hybridized carbons (Fsp3) is 0.250. The van der Waals surface area contributed by atoms with E-state index >= 15 is 0 Å². The Hall–Kier alpha value is -1.97. The summed E-state index contributed by atoms with van der Waals surface area (Å²) in [7, 11) is 0. The maximum absolute atomic E-state index is 5.49. The van der Waals surface area contributed by atoms with E-state index in [9.17, 15) is 0 Å². The van der Waals surface area contributed by atoms with Gasteiger partial charge in [-0.25, -0.2) is 4.98 Å². The van der Waals surface area contributed by atoms with Crippen LogP contribution >= 0.6 is 0 Å². The Kier molecular flexibility index (Phi) is 3.10. The normalized spacial score (nSPS) is 10.1. The van der Waals surface area contributed by atoms with Gasteiger partial charge < -0.3 is 4.74 Å². The molecule has 0 aliphatic heterocycles. The molecule has 1 heterocycles. The molecule has 0 saturated carbocycles. The van der Waals surface area contributed by atoms with Crippen LogP contribution in [-0.4, -0.2) is 15.0 Å². The fourth-order valence-electron chi connectivity index (χ4n) is 1.37. The van der Waals surface area contributed by atoms with Crippen molar-refractivity contribution in [3.63, 3.8) is 0 Å². The van der Waals surface area contributed by atoms with Crippen LogP contribution in [0.4, 0.5) is 0 Å². The summed E-state index contributed by atoms with van der Waals surface area (Å²) < 4.78 is 5.49. The minimum absolute atomic E-state index is 0.383. The summed E-state index contributed by atoms with van der Waals surface area (Å²) in [4.78, 5) is 12.3. The zero-order chi connectivity index (χ0) is 11.4. The van der Waals surface area contributed by atoms with E-state index in [1.807, 2.05) is 44.2 Å². The molecule has 4 heteroatoms. The Morgan fingerprint density at radius 3 is 2.19 bits per heavy atom. The predicted octanol–water partition coefficient (Wildman–Crippen LogP) is 2.07. The Balaban J connectivity index is 2.05. The van der Waals surface area contributed by atoms with Crippen LogP contribution in [0.5, 0.6) is 6.01 Å². The fourth-order valence-corrected chi connectivity index (χ4v) is 1.37. The van der Waals surface area contributed by atoms with Gasteiger partial charge in [0, 0.05) is 0 Å². The van der Waals surface area contributed by atoms with Crippen LogP contribution in [0, 0.1) is 13.8 Å². The van der Waals surface area contributed by atoms with Crippen LogP contribution in [0.2, 0.25) is 0 Å². The van der Waals surface area contributed by atoms with Crippen molar-refractivity contribution in [2.75, 3.05) is 0 Å². The molecule has 0 N–H and O–H groups in total. The first-order valence-electron chi connectivity index (χ1n) is 5.10. The first kappa shape index (κ1) is 10.5. The molecule has 2 aromatic rings. The number of benzene rings is 1. The van der Waals surface area contributed by atoms with Gasteiger partial charge in [0.05, 0.1) is 0 Å². The molecule has 1 aromatic carbocycles. The molecule has 0 radical (unpaired) electrons. The number of rotatable bonds is 3. The lowest BCUT2D eigenvalue weighted by Crippen LogP contribution is -2.03. The molecule has 0 spiro atoms. The van der Waals surface area contributed by atoms with Crippen LogP contribution < -0.4 is 4.74 Å². The molecule has 0 saturated heterocycles. The van der Waals surface area contributed by atoms with E-state index < -0.39 is 0 Å². The highest BCUT2D eigenvalue weighted by Crippen LogP contribution is 2.06. The second kappa shape index (κ2) is 4.70. The summed E-state index contributed by atoms with van der Waals surface area (Å²) in [5.41, 5.74) is 1.10. The van der Waals surface area contributed by atoms with Crippen molar-refractivity contribution in [3.05, 3.63) is 47.5 Å². The third-order valence-electron chi connectivity index (χ3n) is 2.05. The summed E-state index contributed by atoms with van der Waals surface area (Å²) in [5, 5.41) is 0. The van der Waals surface area contributed by atoms with Gasteiger partial charge in [0.15, 0.2) is 0 Å². The molecule has 0 fully saturated rings. The highest BCUT2D eigenvalue weighted by Gasteiger charge is 2.01. The zero-order valence-electron chi connectivity index (χ0n) is 9.34. The first-order valence-corrected chi connectivity index (χ1v) is 5.10. The molecule has 0 unspecified atom stereocenters. The quantitative estimate of drug-likeness (QED) is 0.786. The summed E-state index contributed by atoms with van der Waals surface area (Å²) >= 11 is 0. The molecule has 4 nitrogen and oxygen atoms in total. The Labute approximate surface area is 94.4 Å². The first-order chi connectivity index (χ1) is 7.74. The Bertz CT molecular complexity index is 451. The third-order valence-corrected chi connectivity index (χ3v) is 2.05. The van der Waals surface area contributed by atoms with Crippen molar-refractivity contribution in [2.24, 2.45) is 0 Å². The van der Waals surface area contributed by atoms with Crippen molar-refractivity contribution in [1.82, 2.24) is 15.0 Å². The van der Waals surface area contributed by atoms with Crippen molar-refractivity contribution in [2.45, 2.75) is 20.5 Å². The van der Waals surface area contributed by atoms with E-state index in [1.54, 1.807) is 0 Å². The average Bonchev–Trinajstić information content (AvgIpc) is 2.27. The van der Waals surface area contributed by atoms with Gasteiger partial charge in [0.25, 0.3) is 0 Å². The summed E-state index contributed by atoms with van der Waals surface area (Å²) in [6.45, 7) is 4.12. The third kappa shape index (κ3) is 2.76. The lowest BCUT2D eigenvalue weighted by molar-refractivity contribution is 0.278. The SMILES string of the molecule is Cc1nc(C)nc(OCc2ccccc2)n1. The minimum atomic E-state index is 0.383. The molecule has 0 aliphatic rings. The molecule has 1 aromatic heterocycles. The molecule has 0 aliphatic carbocycles. The van der Waals surface area contributed by atoms with Crippen LogP contribution in [0.1, 0.15) is 17.2 Å². The van der Waals surface area contributed by atoms with E-state index in [-0.39, 0.29) is 0 Å². The second-order valence-corrected chi connectivity index (χ2v) is 3.49. The number of hydrogen-bond acceptors (Lipinski definition) is 4. The molecule has 0 amide bonds. The van der Waals surface area contributed by atoms with Crippen LogP contribution in [0.25, 0.3) is 0 Å². The molecule has 0 bridgehead atoms. The lowest BCUT2D eigenvalue weighted by atomic mass is 10.2. The van der Waals surface area contributed by atoms with Gasteiger partial charge in [-0.1, -0.05) is 30.3 Å². The van der Waals surface area contributed by atoms with Crippen LogP contribution in [-0.2, 0) is 6.61 Å². The van der Waals surface area contributed by atoms with Crippen molar-refractivity contribution >= 4 is 0 Å². The maximum Gasteiger partial charge on any atom is 0.320 e. The van der Waals surface area contributed by atoms with Crippen molar-refractivity contribution in [1.29, 1.82) is 0 Å². The molecular formula is C12H13N3O. The van der Waals surface area contributed by atoms with Crippen molar-refractivity contribution in [3.8, 4) is 6.01 Å². The van der Waals surface area contributed by atoms with Gasteiger partial charge in [0.2, 0.25) is 0 Å². The van der Waals surface area contributed by atoms with Gasteiger partial charge in [-0.3, -0.25) is 0 Å². The largest absolute Gasteiger partial charge is 0.459 e. The number of aryl methyl sites for hydroxylation is 2. The topological polar surface area (TPSA) is 47.9 Å². The number of hydrogen-bond donors (Lipinski definition) is 0. The van der Waals surface area contributed by atoms with E-state index in [0.717, 1.165) is 5.56 Å². The predicted molar refractivity (Wildman–Crippen MR) is 60.1 cm³/mol. The van der Waals surface area contributed by atoms with E-state index in [0.29, 0.717) is 24.3 Å². The summed E-state index contributed by atoms with van der Waals surface area (Å²) in [5.74, 6) is 1.35. The van der Waals surface area contributed by atoms with Crippen molar-refractivity contribution < 1.29 is 4.74 Å². The van der Waals surface area contributed by atoms with E-state index in [4.69, 9.17) is 4.74 Å². The van der Waals surface area contributed by atoms with Gasteiger partial charge in [-0.2, -0.15) is 9.97 Å². The van der Waals surface area contributed by atoms with Gasteiger partial charge in [-0.05, 0) is 19.4 Å². The lowest BCUT2D eigenvalue weighted by Gasteiger charge is -2.05. The number of ether oxygens (including phenoxy) is 1.